The number of ether oxygens (including phenoxy) is 1. The van der Waals surface area contributed by atoms with Gasteiger partial charge in [-0.3, -0.25) is 4.79 Å². The van der Waals surface area contributed by atoms with Gasteiger partial charge in [0, 0.05) is 32.2 Å². The molecule has 4 rings (SSSR count). The molecule has 1 saturated heterocycles. The van der Waals surface area contributed by atoms with Crippen molar-refractivity contribution < 1.29 is 9.53 Å². The van der Waals surface area contributed by atoms with Crippen molar-refractivity contribution in [2.75, 3.05) is 26.2 Å². The van der Waals surface area contributed by atoms with Crippen LogP contribution >= 0.6 is 23.2 Å². The first-order chi connectivity index (χ1) is 15.5. The Morgan fingerprint density at radius 2 is 1.84 bits per heavy atom. The van der Waals surface area contributed by atoms with Crippen LogP contribution in [0.1, 0.15) is 24.0 Å². The van der Waals surface area contributed by atoms with Crippen LogP contribution < -0.4 is 10.1 Å². The normalized spacial score (nSPS) is 15.1. The molecule has 0 bridgehead atoms. The Balaban J connectivity index is 1.21. The van der Waals surface area contributed by atoms with Crippen molar-refractivity contribution in [3.63, 3.8) is 0 Å². The van der Waals surface area contributed by atoms with E-state index in [1.165, 1.54) is 5.39 Å². The summed E-state index contributed by atoms with van der Waals surface area (Å²) in [4.78, 5) is 15.0. The summed E-state index contributed by atoms with van der Waals surface area (Å²) in [5.74, 6) is 0.830. The second-order valence-electron chi connectivity index (χ2n) is 8.34. The minimum absolute atomic E-state index is 0.0716. The van der Waals surface area contributed by atoms with Crippen molar-refractivity contribution in [3.8, 4) is 5.75 Å². The van der Waals surface area contributed by atoms with Crippen LogP contribution in [0.25, 0.3) is 10.8 Å². The summed E-state index contributed by atoms with van der Waals surface area (Å²) in [6.45, 7) is 5.47. The maximum Gasteiger partial charge on any atom is 0.224 e. The smallest absolute Gasteiger partial charge is 0.224 e. The maximum absolute atomic E-state index is 12.6. The van der Waals surface area contributed by atoms with Gasteiger partial charge in [0.2, 0.25) is 5.91 Å². The summed E-state index contributed by atoms with van der Waals surface area (Å²) < 4.78 is 6.06. The van der Waals surface area contributed by atoms with Gasteiger partial charge in [0.1, 0.15) is 11.9 Å². The van der Waals surface area contributed by atoms with E-state index in [2.05, 4.69) is 41.4 Å². The van der Waals surface area contributed by atoms with E-state index >= 15 is 0 Å². The highest BCUT2D eigenvalue weighted by molar-refractivity contribution is 6.42. The first kappa shape index (κ1) is 22.9. The van der Waals surface area contributed by atoms with Crippen molar-refractivity contribution in [1.82, 2.24) is 10.2 Å². The second kappa shape index (κ2) is 10.6. The van der Waals surface area contributed by atoms with E-state index in [-0.39, 0.29) is 12.0 Å². The number of amides is 1. The number of hydrogen-bond acceptors (Lipinski definition) is 3. The van der Waals surface area contributed by atoms with Crippen LogP contribution in [0.5, 0.6) is 5.75 Å². The third kappa shape index (κ3) is 5.74. The van der Waals surface area contributed by atoms with Gasteiger partial charge in [-0.15, -0.1) is 0 Å². The molecule has 3 aromatic rings. The number of nitrogens with zero attached hydrogens (tertiary/aromatic N) is 1. The molecule has 0 saturated carbocycles. The quantitative estimate of drug-likeness (QED) is 0.484. The van der Waals surface area contributed by atoms with Crippen molar-refractivity contribution >= 4 is 39.9 Å². The van der Waals surface area contributed by atoms with Crippen LogP contribution in [-0.2, 0) is 11.2 Å². The fourth-order valence-corrected chi connectivity index (χ4v) is 4.54. The van der Waals surface area contributed by atoms with E-state index in [1.807, 2.05) is 18.2 Å². The van der Waals surface area contributed by atoms with Crippen LogP contribution in [0.3, 0.4) is 0 Å². The number of hydrogen-bond donors (Lipinski definition) is 1. The van der Waals surface area contributed by atoms with Gasteiger partial charge in [0.25, 0.3) is 0 Å². The number of rotatable bonds is 7. The molecule has 168 valence electrons. The minimum Gasteiger partial charge on any atom is -0.490 e. The highest BCUT2D eigenvalue weighted by Gasteiger charge is 2.20. The Morgan fingerprint density at radius 1 is 1.06 bits per heavy atom. The molecule has 3 aromatic carbocycles. The molecule has 1 fully saturated rings. The van der Waals surface area contributed by atoms with E-state index in [4.69, 9.17) is 27.9 Å². The average Bonchev–Trinajstić information content (AvgIpc) is 2.79. The molecule has 0 aliphatic carbocycles. The van der Waals surface area contributed by atoms with E-state index in [9.17, 15) is 4.79 Å². The highest BCUT2D eigenvalue weighted by Crippen LogP contribution is 2.28. The lowest BCUT2D eigenvalue weighted by atomic mass is 9.97. The Hall–Kier alpha value is -2.27. The third-order valence-corrected chi connectivity index (χ3v) is 6.83. The van der Waals surface area contributed by atoms with Crippen LogP contribution in [-0.4, -0.2) is 43.1 Å². The topological polar surface area (TPSA) is 41.6 Å². The molecule has 0 unspecified atom stereocenters. The Bertz CT molecular complexity index is 1090. The van der Waals surface area contributed by atoms with Crippen molar-refractivity contribution in [3.05, 3.63) is 75.8 Å². The van der Waals surface area contributed by atoms with Gasteiger partial charge in [0.05, 0.1) is 16.5 Å². The predicted molar refractivity (Wildman–Crippen MR) is 132 cm³/mol. The van der Waals surface area contributed by atoms with E-state index in [1.54, 1.807) is 12.1 Å². The third-order valence-electron chi connectivity index (χ3n) is 6.09. The molecule has 6 heteroatoms. The number of benzene rings is 3. The number of aryl methyl sites for hydroxylation is 1. The summed E-state index contributed by atoms with van der Waals surface area (Å²) in [6.07, 6.45) is 2.48. The minimum atomic E-state index is 0.0716. The lowest BCUT2D eigenvalue weighted by Gasteiger charge is -2.32. The van der Waals surface area contributed by atoms with Crippen molar-refractivity contribution in [2.24, 2.45) is 0 Å². The molecule has 0 atom stereocenters. The first-order valence-corrected chi connectivity index (χ1v) is 11.8. The van der Waals surface area contributed by atoms with Gasteiger partial charge in [0.15, 0.2) is 0 Å². The zero-order chi connectivity index (χ0) is 22.5. The average molecular weight is 471 g/mol. The van der Waals surface area contributed by atoms with Gasteiger partial charge < -0.3 is 15.0 Å². The van der Waals surface area contributed by atoms with E-state index < -0.39 is 0 Å². The van der Waals surface area contributed by atoms with Gasteiger partial charge in [-0.1, -0.05) is 59.6 Å². The molecule has 1 aliphatic heterocycles. The summed E-state index contributed by atoms with van der Waals surface area (Å²) in [7, 11) is 0. The molecule has 1 amide bonds. The number of nitrogens with one attached hydrogen (secondary N) is 1. The maximum atomic E-state index is 12.6. The lowest BCUT2D eigenvalue weighted by Crippen LogP contribution is -2.42. The second-order valence-corrected chi connectivity index (χ2v) is 9.16. The number of likely N-dealkylation sites (tertiary alicyclic amines) is 1. The molecule has 4 nitrogen and oxygen atoms in total. The Kier molecular flexibility index (Phi) is 7.56. The first-order valence-electron chi connectivity index (χ1n) is 11.1. The zero-order valence-corrected chi connectivity index (χ0v) is 19.8. The van der Waals surface area contributed by atoms with Gasteiger partial charge in [-0.05, 0) is 53.8 Å². The molecular weight excluding hydrogens is 443 g/mol. The molecule has 0 spiro atoms. The Morgan fingerprint density at radius 3 is 2.62 bits per heavy atom. The number of halogens is 2. The number of carbonyl (C=O) groups excluding carboxylic acids is 1. The van der Waals surface area contributed by atoms with Crippen LogP contribution in [0.4, 0.5) is 0 Å². The van der Waals surface area contributed by atoms with Crippen LogP contribution in [0.2, 0.25) is 10.0 Å². The molecule has 0 aromatic heterocycles. The Labute approximate surface area is 199 Å². The van der Waals surface area contributed by atoms with E-state index in [0.717, 1.165) is 54.7 Å². The summed E-state index contributed by atoms with van der Waals surface area (Å²) in [6, 6.07) is 17.8. The molecule has 1 aliphatic rings. The van der Waals surface area contributed by atoms with E-state index in [0.29, 0.717) is 23.0 Å². The van der Waals surface area contributed by atoms with Gasteiger partial charge in [-0.25, -0.2) is 0 Å². The summed E-state index contributed by atoms with van der Waals surface area (Å²) in [5.41, 5.74) is 2.27. The van der Waals surface area contributed by atoms with Crippen LogP contribution in [0.15, 0.2) is 54.6 Å². The highest BCUT2D eigenvalue weighted by atomic mass is 35.5. The number of carbonyl (C=O) groups is 1. The monoisotopic (exact) mass is 470 g/mol. The SMILES string of the molecule is Cc1ccc2ccccc2c1CC(=O)NCCN1CCC(Oc2ccc(Cl)c(Cl)c2)CC1. The zero-order valence-electron chi connectivity index (χ0n) is 18.2. The van der Waals surface area contributed by atoms with Crippen LogP contribution in [0, 0.1) is 6.92 Å². The molecular formula is C26H28Cl2N2O2. The largest absolute Gasteiger partial charge is 0.490 e. The standard InChI is InChI=1S/C26H28Cl2N2O2/c1-18-6-7-19-4-2-3-5-22(19)23(18)17-26(31)29-12-15-30-13-10-20(11-14-30)32-21-8-9-24(27)25(28)16-21/h2-9,16,20H,10-15,17H2,1H3,(H,29,31). The van der Waals surface area contributed by atoms with Gasteiger partial charge in [-0.2, -0.15) is 0 Å². The van der Waals surface area contributed by atoms with Crippen molar-refractivity contribution in [1.29, 1.82) is 0 Å². The van der Waals surface area contributed by atoms with Gasteiger partial charge >= 0.3 is 0 Å². The molecule has 1 heterocycles. The number of fused-ring (bicyclic) bond motifs is 1. The summed E-state index contributed by atoms with van der Waals surface area (Å²) in [5, 5.41) is 6.47. The molecule has 0 radical (unpaired) electrons. The molecule has 32 heavy (non-hydrogen) atoms. The summed E-state index contributed by atoms with van der Waals surface area (Å²) >= 11 is 12.0. The molecule has 1 N–H and O–H groups in total. The number of piperidine rings is 1. The predicted octanol–water partition coefficient (Wildman–Crippen LogP) is 5.66. The fourth-order valence-electron chi connectivity index (χ4n) is 4.25. The fraction of sp³-hybridized carbons (Fsp3) is 0.346. The van der Waals surface area contributed by atoms with Crippen molar-refractivity contribution in [2.45, 2.75) is 32.3 Å². The lowest BCUT2D eigenvalue weighted by molar-refractivity contribution is -0.120.